The summed E-state index contributed by atoms with van der Waals surface area (Å²) in [4.78, 5) is 14.7. The molecular formula is C18H27BCl2N2O3. The molecule has 144 valence electrons. The first-order valence-corrected chi connectivity index (χ1v) is 9.17. The number of nitrogens with zero attached hydrogens (tertiary/aromatic N) is 1. The van der Waals surface area contributed by atoms with Crippen molar-refractivity contribution in [1.82, 2.24) is 10.2 Å². The number of amides is 1. The van der Waals surface area contributed by atoms with Gasteiger partial charge in [0.05, 0.1) is 11.2 Å². The lowest BCUT2D eigenvalue weighted by Crippen LogP contribution is -2.52. The normalized spacial score (nSPS) is 24.3. The summed E-state index contributed by atoms with van der Waals surface area (Å²) in [6, 6.07) is 5.54. The Morgan fingerprint density at radius 3 is 2.42 bits per heavy atom. The first-order chi connectivity index (χ1) is 11.6. The van der Waals surface area contributed by atoms with Crippen LogP contribution in [-0.2, 0) is 9.31 Å². The van der Waals surface area contributed by atoms with Crippen molar-refractivity contribution in [1.29, 1.82) is 0 Å². The maximum Gasteiger partial charge on any atom is 0.496 e. The maximum absolute atomic E-state index is 12.8. The molecule has 2 heterocycles. The molecule has 0 aromatic heterocycles. The lowest BCUT2D eigenvalue weighted by Gasteiger charge is -2.34. The van der Waals surface area contributed by atoms with Gasteiger partial charge in [0, 0.05) is 41.7 Å². The molecule has 8 heteroatoms. The van der Waals surface area contributed by atoms with Gasteiger partial charge in [-0.05, 0) is 46.8 Å². The summed E-state index contributed by atoms with van der Waals surface area (Å²) < 4.78 is 12.1. The molecule has 0 saturated carbocycles. The third-order valence-corrected chi connectivity index (χ3v) is 5.84. The largest absolute Gasteiger partial charge is 0.496 e. The van der Waals surface area contributed by atoms with Gasteiger partial charge in [0.25, 0.3) is 5.91 Å². The molecule has 1 amide bonds. The summed E-state index contributed by atoms with van der Waals surface area (Å²) in [5.74, 6) is 0.0105. The maximum atomic E-state index is 12.8. The second kappa shape index (κ2) is 7.68. The van der Waals surface area contributed by atoms with Crippen LogP contribution in [0, 0.1) is 0 Å². The minimum Gasteiger partial charge on any atom is -0.399 e. The van der Waals surface area contributed by atoms with Crippen molar-refractivity contribution < 1.29 is 14.1 Å². The third-order valence-electron chi connectivity index (χ3n) is 5.52. The molecule has 2 aliphatic heterocycles. The number of carbonyl (C=O) groups excluding carboxylic acids is 1. The first kappa shape index (κ1) is 21.5. The van der Waals surface area contributed by atoms with E-state index in [0.717, 1.165) is 18.6 Å². The molecule has 0 spiro atoms. The Labute approximate surface area is 167 Å². The minimum atomic E-state index is -0.528. The summed E-state index contributed by atoms with van der Waals surface area (Å²) in [5.41, 5.74) is 0.501. The van der Waals surface area contributed by atoms with Gasteiger partial charge >= 0.3 is 7.12 Å². The van der Waals surface area contributed by atoms with Gasteiger partial charge in [-0.1, -0.05) is 17.7 Å². The van der Waals surface area contributed by atoms with Crippen molar-refractivity contribution in [3.8, 4) is 0 Å². The lowest BCUT2D eigenvalue weighted by molar-refractivity contribution is 0.00578. The Morgan fingerprint density at radius 1 is 1.27 bits per heavy atom. The summed E-state index contributed by atoms with van der Waals surface area (Å²) in [6.07, 6.45) is 0. The number of halogens is 2. The van der Waals surface area contributed by atoms with Crippen LogP contribution in [0.25, 0.3) is 0 Å². The highest BCUT2D eigenvalue weighted by Gasteiger charge is 2.52. The number of nitrogens with one attached hydrogen (secondary N) is 1. The van der Waals surface area contributed by atoms with Gasteiger partial charge in [0.1, 0.15) is 0 Å². The predicted octanol–water partition coefficient (Wildman–Crippen LogP) is 2.49. The number of rotatable bonds is 2. The van der Waals surface area contributed by atoms with Crippen LogP contribution in [-0.4, -0.2) is 54.8 Å². The van der Waals surface area contributed by atoms with E-state index in [-0.39, 0.29) is 24.4 Å². The second-order valence-electron chi connectivity index (χ2n) is 7.88. The van der Waals surface area contributed by atoms with Crippen LogP contribution in [0.3, 0.4) is 0 Å². The molecule has 2 saturated heterocycles. The van der Waals surface area contributed by atoms with Gasteiger partial charge in [0.2, 0.25) is 0 Å². The fourth-order valence-electron chi connectivity index (χ4n) is 3.13. The lowest BCUT2D eigenvalue weighted by atomic mass is 9.78. The Hall–Kier alpha value is -0.785. The van der Waals surface area contributed by atoms with Crippen LogP contribution in [0.5, 0.6) is 0 Å². The van der Waals surface area contributed by atoms with Gasteiger partial charge in [-0.25, -0.2) is 0 Å². The molecular weight excluding hydrogens is 374 g/mol. The van der Waals surface area contributed by atoms with Crippen LogP contribution in [0.1, 0.15) is 45.0 Å². The zero-order valence-electron chi connectivity index (χ0n) is 16.0. The third kappa shape index (κ3) is 3.90. The van der Waals surface area contributed by atoms with Crippen molar-refractivity contribution >= 4 is 42.5 Å². The number of hydrogen-bond acceptors (Lipinski definition) is 4. The van der Waals surface area contributed by atoms with Gasteiger partial charge < -0.3 is 19.5 Å². The molecule has 1 aromatic carbocycles. The molecule has 0 aliphatic carbocycles. The molecule has 1 unspecified atom stereocenters. The number of hydrogen-bond donors (Lipinski definition) is 1. The molecule has 1 N–H and O–H groups in total. The molecule has 26 heavy (non-hydrogen) atoms. The fourth-order valence-corrected chi connectivity index (χ4v) is 3.40. The van der Waals surface area contributed by atoms with Crippen molar-refractivity contribution in [3.63, 3.8) is 0 Å². The summed E-state index contributed by atoms with van der Waals surface area (Å²) in [7, 11) is -0.528. The van der Waals surface area contributed by atoms with Crippen molar-refractivity contribution in [2.24, 2.45) is 0 Å². The van der Waals surface area contributed by atoms with Gasteiger partial charge in [-0.2, -0.15) is 0 Å². The molecule has 0 radical (unpaired) electrons. The van der Waals surface area contributed by atoms with Crippen LogP contribution >= 0.6 is 24.0 Å². The highest BCUT2D eigenvalue weighted by molar-refractivity contribution is 6.65. The molecule has 2 fully saturated rings. The summed E-state index contributed by atoms with van der Waals surface area (Å²) in [5, 5.41) is 3.78. The average molecular weight is 401 g/mol. The smallest absolute Gasteiger partial charge is 0.399 e. The quantitative estimate of drug-likeness (QED) is 0.775. The number of carbonyl (C=O) groups is 1. The molecule has 5 nitrogen and oxygen atoms in total. The zero-order valence-corrected chi connectivity index (χ0v) is 17.5. The molecule has 3 rings (SSSR count). The van der Waals surface area contributed by atoms with E-state index in [1.807, 2.05) is 51.7 Å². The molecule has 0 bridgehead atoms. The van der Waals surface area contributed by atoms with Gasteiger partial charge in [-0.15, -0.1) is 12.4 Å². The van der Waals surface area contributed by atoms with E-state index in [1.54, 1.807) is 6.07 Å². The van der Waals surface area contributed by atoms with E-state index < -0.39 is 18.3 Å². The van der Waals surface area contributed by atoms with E-state index >= 15 is 0 Å². The highest BCUT2D eigenvalue weighted by Crippen LogP contribution is 2.37. The standard InChI is InChI=1S/C18H26BClN2O3.ClH/c1-12-11-21-8-9-22(12)16(23)13-6-7-14(15(20)10-13)19-24-17(2,3)18(4,5)25-19;/h6-7,10,12,21H,8-9,11H2,1-5H3;1H. The van der Waals surface area contributed by atoms with Crippen LogP contribution in [0.15, 0.2) is 18.2 Å². The average Bonchev–Trinajstić information content (AvgIpc) is 2.75. The Morgan fingerprint density at radius 2 is 1.88 bits per heavy atom. The van der Waals surface area contributed by atoms with E-state index in [9.17, 15) is 4.79 Å². The van der Waals surface area contributed by atoms with E-state index in [0.29, 0.717) is 17.1 Å². The molecule has 1 aromatic rings. The van der Waals surface area contributed by atoms with Crippen LogP contribution < -0.4 is 10.8 Å². The summed E-state index contributed by atoms with van der Waals surface area (Å²) in [6.45, 7) is 12.4. The van der Waals surface area contributed by atoms with Gasteiger partial charge in [-0.3, -0.25) is 4.79 Å². The first-order valence-electron chi connectivity index (χ1n) is 8.79. The zero-order chi connectivity index (χ0) is 18.4. The number of benzene rings is 1. The highest BCUT2D eigenvalue weighted by atomic mass is 35.5. The summed E-state index contributed by atoms with van der Waals surface area (Å²) >= 11 is 6.47. The Bertz CT molecular complexity index is 668. The molecule has 2 aliphatic rings. The predicted molar refractivity (Wildman–Crippen MR) is 108 cm³/mol. The van der Waals surface area contributed by atoms with Crippen molar-refractivity contribution in [3.05, 3.63) is 28.8 Å². The molecule has 1 atom stereocenters. The second-order valence-corrected chi connectivity index (χ2v) is 8.28. The number of piperazine rings is 1. The van der Waals surface area contributed by atoms with E-state index in [4.69, 9.17) is 20.9 Å². The minimum absolute atomic E-state index is 0. The van der Waals surface area contributed by atoms with Crippen molar-refractivity contribution in [2.75, 3.05) is 19.6 Å². The Kier molecular flexibility index (Phi) is 6.36. The van der Waals surface area contributed by atoms with Crippen LogP contribution in [0.2, 0.25) is 5.02 Å². The van der Waals surface area contributed by atoms with Gasteiger partial charge in [0.15, 0.2) is 0 Å². The topological polar surface area (TPSA) is 50.8 Å². The van der Waals surface area contributed by atoms with E-state index in [2.05, 4.69) is 5.32 Å². The van der Waals surface area contributed by atoms with E-state index in [1.165, 1.54) is 0 Å². The monoisotopic (exact) mass is 400 g/mol. The fraction of sp³-hybridized carbons (Fsp3) is 0.611. The van der Waals surface area contributed by atoms with Crippen LogP contribution in [0.4, 0.5) is 0 Å². The Balaban J connectivity index is 0.00000243. The van der Waals surface area contributed by atoms with Crippen molar-refractivity contribution in [2.45, 2.75) is 51.9 Å². The SMILES string of the molecule is CC1CNCCN1C(=O)c1ccc(B2OC(C)(C)C(C)(C)O2)c(Cl)c1.Cl.